The smallest absolute Gasteiger partial charge is 1.00 e. The molecule has 8 nitrogen and oxygen atoms in total. The molecule has 0 radical (unpaired) electrons. The Labute approximate surface area is 389 Å². The van der Waals surface area contributed by atoms with E-state index in [1.807, 2.05) is 112 Å². The van der Waals surface area contributed by atoms with Crippen molar-refractivity contribution < 1.29 is 36.4 Å². The van der Waals surface area contributed by atoms with Gasteiger partial charge in [0.05, 0.1) is 12.3 Å². The fourth-order valence-corrected chi connectivity index (χ4v) is 6.40. The van der Waals surface area contributed by atoms with Crippen molar-refractivity contribution in [2.75, 3.05) is 19.8 Å². The Balaban J connectivity index is 0.000000334. The first kappa shape index (κ1) is 50.6. The fraction of sp³-hybridized carbons (Fsp3) is 0.256. The Morgan fingerprint density at radius 1 is 0.772 bits per heavy atom. The van der Waals surface area contributed by atoms with Crippen LogP contribution < -0.4 is 17.0 Å². The van der Waals surface area contributed by atoms with Crippen molar-refractivity contribution in [2.45, 2.75) is 52.1 Å². The third-order valence-corrected chi connectivity index (χ3v) is 10.1. The molecule has 6 aromatic rings. The van der Waals surface area contributed by atoms with Crippen LogP contribution in [-0.2, 0) is 27.9 Å². The van der Waals surface area contributed by atoms with Gasteiger partial charge in [-0.15, -0.1) is 0 Å². The molecule has 2 aromatic heterocycles. The second-order valence-corrected chi connectivity index (χ2v) is 15.6. The largest absolute Gasteiger partial charge is 2.00 e. The van der Waals surface area contributed by atoms with E-state index in [-0.39, 0.29) is 53.2 Å². The van der Waals surface area contributed by atoms with E-state index in [4.69, 9.17) is 32.7 Å². The van der Waals surface area contributed by atoms with Gasteiger partial charge in [-0.05, 0) is 105 Å². The van der Waals surface area contributed by atoms with Crippen LogP contribution in [0.3, 0.4) is 0 Å². The van der Waals surface area contributed by atoms with Gasteiger partial charge >= 0.3 is 29.0 Å². The number of benzene rings is 4. The van der Waals surface area contributed by atoms with Gasteiger partial charge in [-0.3, -0.25) is 0 Å². The van der Waals surface area contributed by atoms with Gasteiger partial charge in [0.15, 0.2) is 5.69 Å². The van der Waals surface area contributed by atoms with Gasteiger partial charge in [0.1, 0.15) is 17.2 Å². The van der Waals surface area contributed by atoms with Crippen LogP contribution in [-0.4, -0.2) is 73.1 Å². The summed E-state index contributed by atoms with van der Waals surface area (Å²) in [7, 11) is 0. The molecule has 0 atom stereocenters. The van der Waals surface area contributed by atoms with Gasteiger partial charge in [-0.1, -0.05) is 91.5 Å². The van der Waals surface area contributed by atoms with Crippen LogP contribution in [0.25, 0.3) is 11.4 Å². The fourth-order valence-electron chi connectivity index (χ4n) is 5.47. The summed E-state index contributed by atoms with van der Waals surface area (Å²) in [5.74, 6) is 1.12. The molecule has 7 rings (SSSR count). The Morgan fingerprint density at radius 2 is 1.21 bits per heavy atom. The number of nitrogens with zero attached hydrogens (tertiary/aromatic N) is 4. The Bertz CT molecular complexity index is 2130. The van der Waals surface area contributed by atoms with Gasteiger partial charge in [0.25, 0.3) is 0 Å². The molecule has 0 spiro atoms. The number of esters is 1. The van der Waals surface area contributed by atoms with E-state index in [1.165, 1.54) is 12.8 Å². The number of carbonyl (C=O) groups excluding carboxylic acids is 1. The molecule has 14 heteroatoms. The van der Waals surface area contributed by atoms with Crippen LogP contribution in [0.4, 0.5) is 0 Å². The third kappa shape index (κ3) is 14.9. The maximum atomic E-state index is 12.1. The standard InChI is InChI=1S/C19H16BrClN2O2.C19H18BrClN2O.C4H8O.CH3.BrH.Mg/c1-2-25-19(24)17-12-23(15-9-7-14(20)8-10-15)18(22-17)11-13-5-3-4-6-16(13)21;1-19(2,24)17-12-23(15-9-7-14(20)8-10-15)18(22-17)11-13-5-3-4-6-16(13)21;1-2-4-5-3-1;;;/h3-10,12H,2,11H2,1H3;3-10,12,24H,11H2,1-2H3;1-4H2;1H3;1H;/q;;;-1;;+2/p-1. The van der Waals surface area contributed by atoms with Crippen molar-refractivity contribution in [1.29, 1.82) is 0 Å². The molecule has 0 aliphatic carbocycles. The number of imidazole rings is 2. The molecule has 0 saturated carbocycles. The summed E-state index contributed by atoms with van der Waals surface area (Å²) in [6.07, 6.45) is 7.24. The Kier molecular flexibility index (Phi) is 21.8. The number of rotatable bonds is 9. The molecule has 57 heavy (non-hydrogen) atoms. The van der Waals surface area contributed by atoms with E-state index < -0.39 is 11.6 Å². The predicted octanol–water partition coefficient (Wildman–Crippen LogP) is 8.03. The normalized spacial score (nSPS) is 11.7. The minimum absolute atomic E-state index is 0. The van der Waals surface area contributed by atoms with E-state index >= 15 is 0 Å². The molecular formula is C43H45Br3Cl2MgN4O4. The number of aliphatic hydroxyl groups is 1. The van der Waals surface area contributed by atoms with Crippen LogP contribution in [0, 0.1) is 7.43 Å². The molecule has 0 amide bonds. The van der Waals surface area contributed by atoms with Crippen molar-refractivity contribution >= 4 is 84.1 Å². The molecular weight excluding hydrogens is 971 g/mol. The third-order valence-electron chi connectivity index (χ3n) is 8.32. The number of hydrogen-bond acceptors (Lipinski definition) is 6. The zero-order valence-corrected chi connectivity index (χ0v) is 40.1. The molecule has 1 fully saturated rings. The van der Waals surface area contributed by atoms with Gasteiger partial charge in [0, 0.05) is 68.8 Å². The van der Waals surface area contributed by atoms with Gasteiger partial charge < -0.3 is 48.1 Å². The van der Waals surface area contributed by atoms with E-state index in [9.17, 15) is 9.90 Å². The van der Waals surface area contributed by atoms with E-state index in [0.29, 0.717) is 35.2 Å². The summed E-state index contributed by atoms with van der Waals surface area (Å²) in [4.78, 5) is 21.2. The molecule has 4 aromatic carbocycles. The van der Waals surface area contributed by atoms with Crippen molar-refractivity contribution in [1.82, 2.24) is 19.1 Å². The second kappa shape index (κ2) is 24.5. The minimum Gasteiger partial charge on any atom is -1.00 e. The zero-order chi connectivity index (χ0) is 38.7. The Morgan fingerprint density at radius 3 is 1.61 bits per heavy atom. The number of halogens is 5. The summed E-state index contributed by atoms with van der Waals surface area (Å²) >= 11 is 19.5. The van der Waals surface area contributed by atoms with E-state index in [2.05, 4.69) is 41.8 Å². The van der Waals surface area contributed by atoms with Crippen molar-refractivity contribution in [3.63, 3.8) is 0 Å². The summed E-state index contributed by atoms with van der Waals surface area (Å²) in [5, 5.41) is 11.7. The van der Waals surface area contributed by atoms with E-state index in [0.717, 1.165) is 56.3 Å². The van der Waals surface area contributed by atoms with Crippen LogP contribution >= 0.6 is 55.1 Å². The van der Waals surface area contributed by atoms with Crippen molar-refractivity contribution in [3.05, 3.63) is 170 Å². The Hall–Kier alpha value is -2.52. The molecule has 1 saturated heterocycles. The first-order valence-corrected chi connectivity index (χ1v) is 19.9. The molecule has 0 bridgehead atoms. The molecule has 1 N–H and O–H groups in total. The maximum Gasteiger partial charge on any atom is 2.00 e. The first-order chi connectivity index (χ1) is 25.9. The number of ether oxygens (including phenoxy) is 2. The van der Waals surface area contributed by atoms with Crippen molar-refractivity contribution in [2.24, 2.45) is 0 Å². The second-order valence-electron chi connectivity index (χ2n) is 12.9. The average Bonchev–Trinajstić information content (AvgIpc) is 3.95. The van der Waals surface area contributed by atoms with Gasteiger partial charge in [0.2, 0.25) is 0 Å². The van der Waals surface area contributed by atoms with Crippen molar-refractivity contribution in [3.8, 4) is 11.4 Å². The summed E-state index contributed by atoms with van der Waals surface area (Å²) in [6, 6.07) is 31.1. The monoisotopic (exact) mass is 1010 g/mol. The summed E-state index contributed by atoms with van der Waals surface area (Å²) < 4.78 is 15.9. The SMILES string of the molecule is C1CCOC1.CC(C)(O)c1cn(-c2ccc(Br)cc2)c(Cc2ccccc2Cl)n1.CCOC(=O)c1cn(-c2ccc(Br)cc2)c(Cc2ccccc2Cl)n1.[Br-].[CH3-].[Mg+2]. The van der Waals surface area contributed by atoms with Crippen LogP contribution in [0.15, 0.2) is 118 Å². The molecule has 1 aliphatic rings. The topological polar surface area (TPSA) is 91.4 Å². The summed E-state index contributed by atoms with van der Waals surface area (Å²) in [6.45, 7) is 7.55. The van der Waals surface area contributed by atoms with Gasteiger partial charge in [-0.25, -0.2) is 14.8 Å². The van der Waals surface area contributed by atoms with Gasteiger partial charge in [-0.2, -0.15) is 0 Å². The predicted molar refractivity (Wildman–Crippen MR) is 234 cm³/mol. The van der Waals surface area contributed by atoms with E-state index in [1.54, 1.807) is 27.0 Å². The molecule has 1 aliphatic heterocycles. The molecule has 298 valence electrons. The van der Waals surface area contributed by atoms with Crippen LogP contribution in [0.1, 0.15) is 72.6 Å². The quantitative estimate of drug-likeness (QED) is 0.0897. The maximum absolute atomic E-state index is 12.1. The number of hydrogen-bond donors (Lipinski definition) is 1. The average molecular weight is 1020 g/mol. The number of aromatic nitrogens is 4. The zero-order valence-electron chi connectivity index (χ0n) is 32.4. The summed E-state index contributed by atoms with van der Waals surface area (Å²) in [5.41, 5.74) is 3.76. The number of carbonyl (C=O) groups is 1. The van der Waals surface area contributed by atoms with Crippen LogP contribution in [0.5, 0.6) is 0 Å². The van der Waals surface area contributed by atoms with Crippen LogP contribution in [0.2, 0.25) is 10.0 Å². The molecule has 3 heterocycles. The first-order valence-electron chi connectivity index (χ1n) is 17.6. The molecule has 0 unspecified atom stereocenters. The minimum atomic E-state index is -1.00.